The summed E-state index contributed by atoms with van der Waals surface area (Å²) in [5.74, 6) is 0.671. The summed E-state index contributed by atoms with van der Waals surface area (Å²) in [6, 6.07) is 9.47. The SMILES string of the molecule is CCC(CC)C(=O)Nc1ccn(Cc2cccc(Cl)c2)n1. The number of aromatic nitrogens is 2. The van der Waals surface area contributed by atoms with Crippen molar-refractivity contribution >= 4 is 23.3 Å². The monoisotopic (exact) mass is 305 g/mol. The lowest BCUT2D eigenvalue weighted by atomic mass is 10.0. The fourth-order valence-corrected chi connectivity index (χ4v) is 2.44. The van der Waals surface area contributed by atoms with Crippen LogP contribution in [0.1, 0.15) is 32.3 Å². The van der Waals surface area contributed by atoms with Crippen molar-refractivity contribution in [2.45, 2.75) is 33.2 Å². The van der Waals surface area contributed by atoms with Gasteiger partial charge in [0.15, 0.2) is 5.82 Å². The Hall–Kier alpha value is -1.81. The Morgan fingerprint density at radius 1 is 1.33 bits per heavy atom. The highest BCUT2D eigenvalue weighted by Gasteiger charge is 2.15. The minimum atomic E-state index is 0.0352. The third-order valence-corrected chi connectivity index (χ3v) is 3.72. The number of anilines is 1. The van der Waals surface area contributed by atoms with Crippen LogP contribution in [0.3, 0.4) is 0 Å². The molecule has 2 aromatic rings. The number of carbonyl (C=O) groups is 1. The fraction of sp³-hybridized carbons (Fsp3) is 0.375. The number of nitrogens with one attached hydrogen (secondary N) is 1. The Kier molecular flexibility index (Phi) is 5.39. The molecule has 21 heavy (non-hydrogen) atoms. The van der Waals surface area contributed by atoms with Crippen LogP contribution in [0, 0.1) is 5.92 Å². The number of hydrogen-bond acceptors (Lipinski definition) is 2. The van der Waals surface area contributed by atoms with Crippen LogP contribution < -0.4 is 5.32 Å². The van der Waals surface area contributed by atoms with E-state index in [1.807, 2.05) is 50.4 Å². The predicted octanol–water partition coefficient (Wildman–Crippen LogP) is 3.96. The van der Waals surface area contributed by atoms with Crippen molar-refractivity contribution in [3.8, 4) is 0 Å². The van der Waals surface area contributed by atoms with Gasteiger partial charge in [0, 0.05) is 23.2 Å². The van der Waals surface area contributed by atoms with Gasteiger partial charge in [-0.15, -0.1) is 0 Å². The van der Waals surface area contributed by atoms with Crippen molar-refractivity contribution in [2.75, 3.05) is 5.32 Å². The van der Waals surface area contributed by atoms with Gasteiger partial charge in [-0.25, -0.2) is 0 Å². The molecule has 2 rings (SSSR count). The third-order valence-electron chi connectivity index (χ3n) is 3.48. The molecule has 0 aliphatic heterocycles. The van der Waals surface area contributed by atoms with E-state index in [-0.39, 0.29) is 11.8 Å². The van der Waals surface area contributed by atoms with Gasteiger partial charge in [0.25, 0.3) is 0 Å². The van der Waals surface area contributed by atoms with Gasteiger partial charge in [-0.05, 0) is 30.5 Å². The zero-order valence-electron chi connectivity index (χ0n) is 12.3. The average Bonchev–Trinajstić information content (AvgIpc) is 2.87. The number of halogens is 1. The Bertz CT molecular complexity index is 605. The molecule has 1 heterocycles. The minimum Gasteiger partial charge on any atom is -0.309 e. The molecule has 112 valence electrons. The smallest absolute Gasteiger partial charge is 0.228 e. The summed E-state index contributed by atoms with van der Waals surface area (Å²) >= 11 is 5.97. The van der Waals surface area contributed by atoms with Crippen LogP contribution in [-0.2, 0) is 11.3 Å². The van der Waals surface area contributed by atoms with Crippen LogP contribution in [0.2, 0.25) is 5.02 Å². The Balaban J connectivity index is 2.00. The van der Waals surface area contributed by atoms with E-state index in [0.29, 0.717) is 17.4 Å². The van der Waals surface area contributed by atoms with Crippen molar-refractivity contribution in [2.24, 2.45) is 5.92 Å². The van der Waals surface area contributed by atoms with E-state index < -0.39 is 0 Å². The Labute approximate surface area is 130 Å². The molecule has 0 spiro atoms. The molecule has 0 aliphatic carbocycles. The molecule has 0 bridgehead atoms. The van der Waals surface area contributed by atoms with Crippen LogP contribution in [0.4, 0.5) is 5.82 Å². The first-order valence-corrected chi connectivity index (χ1v) is 7.59. The second kappa shape index (κ2) is 7.27. The number of hydrogen-bond donors (Lipinski definition) is 1. The predicted molar refractivity (Wildman–Crippen MR) is 85.5 cm³/mol. The second-order valence-electron chi connectivity index (χ2n) is 5.03. The van der Waals surface area contributed by atoms with E-state index >= 15 is 0 Å². The molecular weight excluding hydrogens is 286 g/mol. The van der Waals surface area contributed by atoms with Crippen molar-refractivity contribution in [3.63, 3.8) is 0 Å². The van der Waals surface area contributed by atoms with Gasteiger partial charge in [0.1, 0.15) is 0 Å². The molecule has 0 fully saturated rings. The molecule has 5 heteroatoms. The van der Waals surface area contributed by atoms with Crippen molar-refractivity contribution in [1.29, 1.82) is 0 Å². The molecule has 0 saturated heterocycles. The van der Waals surface area contributed by atoms with Crippen LogP contribution in [-0.4, -0.2) is 15.7 Å². The van der Waals surface area contributed by atoms with Gasteiger partial charge in [-0.3, -0.25) is 9.48 Å². The quantitative estimate of drug-likeness (QED) is 0.878. The molecule has 1 aromatic carbocycles. The van der Waals surface area contributed by atoms with E-state index in [1.54, 1.807) is 4.68 Å². The largest absolute Gasteiger partial charge is 0.309 e. The van der Waals surface area contributed by atoms with Gasteiger partial charge >= 0.3 is 0 Å². The summed E-state index contributed by atoms with van der Waals surface area (Å²) in [5.41, 5.74) is 1.07. The number of carbonyl (C=O) groups excluding carboxylic acids is 1. The van der Waals surface area contributed by atoms with Crippen LogP contribution in [0.5, 0.6) is 0 Å². The standard InChI is InChI=1S/C16H20ClN3O/c1-3-13(4-2)16(21)18-15-8-9-20(19-15)11-12-6-5-7-14(17)10-12/h5-10,13H,3-4,11H2,1-2H3,(H,18,19,21). The van der Waals surface area contributed by atoms with Crippen molar-refractivity contribution in [1.82, 2.24) is 9.78 Å². The lowest BCUT2D eigenvalue weighted by Crippen LogP contribution is -2.22. The van der Waals surface area contributed by atoms with Crippen molar-refractivity contribution < 1.29 is 4.79 Å². The summed E-state index contributed by atoms with van der Waals surface area (Å²) in [5, 5.41) is 7.94. The molecular formula is C16H20ClN3O. The van der Waals surface area contributed by atoms with E-state index in [9.17, 15) is 4.79 Å². The van der Waals surface area contributed by atoms with Gasteiger partial charge in [0.2, 0.25) is 5.91 Å². The first-order valence-electron chi connectivity index (χ1n) is 7.21. The van der Waals surface area contributed by atoms with Crippen LogP contribution in [0.15, 0.2) is 36.5 Å². The summed E-state index contributed by atoms with van der Waals surface area (Å²) < 4.78 is 1.79. The zero-order valence-corrected chi connectivity index (χ0v) is 13.1. The number of benzene rings is 1. The lowest BCUT2D eigenvalue weighted by Gasteiger charge is -2.10. The maximum atomic E-state index is 12.0. The van der Waals surface area contributed by atoms with E-state index in [2.05, 4.69) is 10.4 Å². The van der Waals surface area contributed by atoms with Gasteiger partial charge in [-0.2, -0.15) is 5.10 Å². The summed E-state index contributed by atoms with van der Waals surface area (Å²) in [6.45, 7) is 4.67. The lowest BCUT2D eigenvalue weighted by molar-refractivity contribution is -0.120. The summed E-state index contributed by atoms with van der Waals surface area (Å²) in [4.78, 5) is 12.0. The van der Waals surface area contributed by atoms with E-state index in [0.717, 1.165) is 18.4 Å². The van der Waals surface area contributed by atoms with E-state index in [1.165, 1.54) is 0 Å². The van der Waals surface area contributed by atoms with Crippen LogP contribution in [0.25, 0.3) is 0 Å². The highest BCUT2D eigenvalue weighted by molar-refractivity contribution is 6.30. The molecule has 1 amide bonds. The molecule has 0 saturated carbocycles. The molecule has 1 aromatic heterocycles. The minimum absolute atomic E-state index is 0.0352. The average molecular weight is 306 g/mol. The molecule has 1 N–H and O–H groups in total. The normalized spacial score (nSPS) is 10.9. The Morgan fingerprint density at radius 2 is 2.10 bits per heavy atom. The highest BCUT2D eigenvalue weighted by atomic mass is 35.5. The third kappa shape index (κ3) is 4.33. The summed E-state index contributed by atoms with van der Waals surface area (Å²) in [6.07, 6.45) is 3.53. The first-order chi connectivity index (χ1) is 10.1. The molecule has 0 unspecified atom stereocenters. The second-order valence-corrected chi connectivity index (χ2v) is 5.47. The van der Waals surface area contributed by atoms with Gasteiger partial charge < -0.3 is 5.32 Å². The number of amides is 1. The highest BCUT2D eigenvalue weighted by Crippen LogP contribution is 2.14. The molecule has 4 nitrogen and oxygen atoms in total. The fourth-order valence-electron chi connectivity index (χ4n) is 2.23. The van der Waals surface area contributed by atoms with Gasteiger partial charge in [0.05, 0.1) is 6.54 Å². The first kappa shape index (κ1) is 15.6. The maximum Gasteiger partial charge on any atom is 0.228 e. The molecule has 0 radical (unpaired) electrons. The number of rotatable bonds is 6. The van der Waals surface area contributed by atoms with Crippen molar-refractivity contribution in [3.05, 3.63) is 47.1 Å². The molecule has 0 aliphatic rings. The zero-order chi connectivity index (χ0) is 15.2. The maximum absolute atomic E-state index is 12.0. The van der Waals surface area contributed by atoms with Gasteiger partial charge in [-0.1, -0.05) is 37.6 Å². The number of nitrogens with zero attached hydrogens (tertiary/aromatic N) is 2. The Morgan fingerprint density at radius 3 is 2.76 bits per heavy atom. The molecule has 0 atom stereocenters. The topological polar surface area (TPSA) is 46.9 Å². The van der Waals surface area contributed by atoms with E-state index in [4.69, 9.17) is 11.6 Å². The van der Waals surface area contributed by atoms with Crippen LogP contribution >= 0.6 is 11.6 Å². The summed E-state index contributed by atoms with van der Waals surface area (Å²) in [7, 11) is 0.